The van der Waals surface area contributed by atoms with Crippen molar-refractivity contribution in [2.75, 3.05) is 0 Å². The molecule has 0 bridgehead atoms. The van der Waals surface area contributed by atoms with E-state index in [1.54, 1.807) is 0 Å². The van der Waals surface area contributed by atoms with Crippen molar-refractivity contribution in [3.05, 3.63) is 0 Å². The second-order valence-electron chi connectivity index (χ2n) is 5.60. The van der Waals surface area contributed by atoms with Crippen LogP contribution in [0.5, 0.6) is 0 Å². The largest absolute Gasteiger partial charge is 0.272 e. The van der Waals surface area contributed by atoms with E-state index >= 15 is 0 Å². The lowest BCUT2D eigenvalue weighted by Crippen LogP contribution is -2.36. The fourth-order valence-electron chi connectivity index (χ4n) is 2.22. The van der Waals surface area contributed by atoms with Gasteiger partial charge in [-0.2, -0.15) is 0 Å². The second kappa shape index (κ2) is 3.23. The van der Waals surface area contributed by atoms with Crippen LogP contribution >= 0.6 is 0 Å². The SMILES string of the molecule is CC(C)(C)ONC(=O)C1CC2CC2C1. The molecule has 1 amide bonds. The minimum absolute atomic E-state index is 0.0760. The fraction of sp³-hybridized carbons (Fsp3) is 0.909. The number of amides is 1. The maximum absolute atomic E-state index is 11.6. The van der Waals surface area contributed by atoms with Crippen LogP contribution in [-0.4, -0.2) is 11.5 Å². The van der Waals surface area contributed by atoms with Crippen molar-refractivity contribution in [1.82, 2.24) is 5.48 Å². The Morgan fingerprint density at radius 1 is 1.21 bits per heavy atom. The Labute approximate surface area is 85.2 Å². The average Bonchev–Trinajstić information content (AvgIpc) is 2.68. The Morgan fingerprint density at radius 2 is 1.79 bits per heavy atom. The third-order valence-electron chi connectivity index (χ3n) is 3.07. The Balaban J connectivity index is 1.73. The number of fused-ring (bicyclic) bond motifs is 1. The van der Waals surface area contributed by atoms with E-state index < -0.39 is 0 Å². The molecular formula is C11H19NO2. The maximum Gasteiger partial charge on any atom is 0.246 e. The van der Waals surface area contributed by atoms with Crippen LogP contribution in [0.15, 0.2) is 0 Å². The van der Waals surface area contributed by atoms with Crippen molar-refractivity contribution in [2.24, 2.45) is 17.8 Å². The average molecular weight is 197 g/mol. The van der Waals surface area contributed by atoms with Gasteiger partial charge < -0.3 is 0 Å². The van der Waals surface area contributed by atoms with Gasteiger partial charge in [-0.1, -0.05) is 0 Å². The van der Waals surface area contributed by atoms with Gasteiger partial charge in [-0.05, 0) is 51.9 Å². The molecule has 0 aromatic heterocycles. The van der Waals surface area contributed by atoms with E-state index in [1.165, 1.54) is 6.42 Å². The molecule has 0 radical (unpaired) electrons. The summed E-state index contributed by atoms with van der Waals surface area (Å²) in [5, 5.41) is 0. The molecule has 0 saturated heterocycles. The van der Waals surface area contributed by atoms with Gasteiger partial charge in [-0.3, -0.25) is 9.63 Å². The van der Waals surface area contributed by atoms with Crippen LogP contribution in [0.25, 0.3) is 0 Å². The number of hydrogen-bond donors (Lipinski definition) is 1. The highest BCUT2D eigenvalue weighted by Gasteiger charge is 2.48. The molecule has 2 aliphatic carbocycles. The zero-order valence-corrected chi connectivity index (χ0v) is 9.17. The summed E-state index contributed by atoms with van der Waals surface area (Å²) >= 11 is 0. The molecule has 0 spiro atoms. The molecule has 3 heteroatoms. The highest BCUT2D eigenvalue weighted by molar-refractivity contribution is 5.78. The summed E-state index contributed by atoms with van der Waals surface area (Å²) < 4.78 is 0. The van der Waals surface area contributed by atoms with Crippen LogP contribution in [0.1, 0.15) is 40.0 Å². The second-order valence-corrected chi connectivity index (χ2v) is 5.60. The summed E-state index contributed by atoms with van der Waals surface area (Å²) in [5.74, 6) is 1.98. The van der Waals surface area contributed by atoms with Crippen LogP contribution in [-0.2, 0) is 9.63 Å². The van der Waals surface area contributed by atoms with Crippen LogP contribution < -0.4 is 5.48 Å². The van der Waals surface area contributed by atoms with Crippen LogP contribution in [0.2, 0.25) is 0 Å². The Hall–Kier alpha value is -0.570. The van der Waals surface area contributed by atoms with Gasteiger partial charge in [-0.25, -0.2) is 5.48 Å². The van der Waals surface area contributed by atoms with Gasteiger partial charge >= 0.3 is 0 Å². The smallest absolute Gasteiger partial charge is 0.246 e. The minimum Gasteiger partial charge on any atom is -0.272 e. The van der Waals surface area contributed by atoms with Gasteiger partial charge in [0.2, 0.25) is 5.91 Å². The topological polar surface area (TPSA) is 38.3 Å². The molecule has 2 atom stereocenters. The summed E-state index contributed by atoms with van der Waals surface area (Å²) in [6, 6.07) is 0. The molecule has 0 aliphatic heterocycles. The molecule has 2 saturated carbocycles. The zero-order valence-electron chi connectivity index (χ0n) is 9.17. The zero-order chi connectivity index (χ0) is 10.3. The molecule has 0 heterocycles. The van der Waals surface area contributed by atoms with E-state index in [4.69, 9.17) is 4.84 Å². The van der Waals surface area contributed by atoms with E-state index in [0.717, 1.165) is 24.7 Å². The lowest BCUT2D eigenvalue weighted by molar-refractivity contribution is -0.149. The number of nitrogens with one attached hydrogen (secondary N) is 1. The predicted octanol–water partition coefficient (Wildman–Crippen LogP) is 1.88. The van der Waals surface area contributed by atoms with E-state index in [9.17, 15) is 4.79 Å². The van der Waals surface area contributed by atoms with Crippen molar-refractivity contribution in [3.63, 3.8) is 0 Å². The molecule has 0 aromatic rings. The molecule has 2 fully saturated rings. The third kappa shape index (κ3) is 2.27. The molecule has 0 aromatic carbocycles. The first-order valence-corrected chi connectivity index (χ1v) is 5.43. The lowest BCUT2D eigenvalue weighted by atomic mass is 10.0. The molecule has 2 rings (SSSR count). The van der Waals surface area contributed by atoms with Gasteiger partial charge in [0.15, 0.2) is 0 Å². The maximum atomic E-state index is 11.6. The monoisotopic (exact) mass is 197 g/mol. The standard InChI is InChI=1S/C11H19NO2/c1-11(2,3)14-12-10(13)9-5-7-4-8(7)6-9/h7-9H,4-6H2,1-3H3,(H,12,13). The third-order valence-corrected chi connectivity index (χ3v) is 3.07. The van der Waals surface area contributed by atoms with Gasteiger partial charge in [0.25, 0.3) is 0 Å². The van der Waals surface area contributed by atoms with Crippen molar-refractivity contribution in [1.29, 1.82) is 0 Å². The van der Waals surface area contributed by atoms with Crippen molar-refractivity contribution in [2.45, 2.75) is 45.6 Å². The summed E-state index contributed by atoms with van der Waals surface area (Å²) in [6.45, 7) is 5.79. The van der Waals surface area contributed by atoms with Crippen molar-refractivity contribution < 1.29 is 9.63 Å². The number of carbonyl (C=O) groups excluding carboxylic acids is 1. The molecule has 1 N–H and O–H groups in total. The van der Waals surface area contributed by atoms with Gasteiger partial charge in [-0.15, -0.1) is 0 Å². The number of hydrogen-bond acceptors (Lipinski definition) is 2. The first-order chi connectivity index (χ1) is 6.46. The highest BCUT2D eigenvalue weighted by atomic mass is 16.7. The van der Waals surface area contributed by atoms with Crippen LogP contribution in [0.4, 0.5) is 0 Å². The summed E-state index contributed by atoms with van der Waals surface area (Å²) in [7, 11) is 0. The fourth-order valence-corrected chi connectivity index (χ4v) is 2.22. The molecular weight excluding hydrogens is 178 g/mol. The van der Waals surface area contributed by atoms with Crippen molar-refractivity contribution >= 4 is 5.91 Å². The predicted molar refractivity (Wildman–Crippen MR) is 53.3 cm³/mol. The Morgan fingerprint density at radius 3 is 2.29 bits per heavy atom. The Kier molecular flexibility index (Phi) is 2.30. The van der Waals surface area contributed by atoms with Gasteiger partial charge in [0.1, 0.15) is 0 Å². The molecule has 3 nitrogen and oxygen atoms in total. The molecule has 2 aliphatic rings. The normalized spacial score (nSPS) is 35.2. The quantitative estimate of drug-likeness (QED) is 0.686. The van der Waals surface area contributed by atoms with Gasteiger partial charge in [0, 0.05) is 5.92 Å². The number of carbonyl (C=O) groups is 1. The van der Waals surface area contributed by atoms with E-state index in [0.29, 0.717) is 0 Å². The van der Waals surface area contributed by atoms with Crippen molar-refractivity contribution in [3.8, 4) is 0 Å². The van der Waals surface area contributed by atoms with E-state index in [2.05, 4.69) is 5.48 Å². The Bertz CT molecular complexity index is 234. The minimum atomic E-state index is -0.294. The summed E-state index contributed by atoms with van der Waals surface area (Å²) in [5.41, 5.74) is 2.27. The highest BCUT2D eigenvalue weighted by Crippen LogP contribution is 2.54. The number of rotatable bonds is 2. The molecule has 80 valence electrons. The van der Waals surface area contributed by atoms with Gasteiger partial charge in [0.05, 0.1) is 5.60 Å². The van der Waals surface area contributed by atoms with E-state index in [-0.39, 0.29) is 17.4 Å². The first kappa shape index (κ1) is 9.97. The summed E-state index contributed by atoms with van der Waals surface area (Å²) in [6.07, 6.45) is 3.50. The summed E-state index contributed by atoms with van der Waals surface area (Å²) in [4.78, 5) is 16.9. The molecule has 14 heavy (non-hydrogen) atoms. The first-order valence-electron chi connectivity index (χ1n) is 5.43. The van der Waals surface area contributed by atoms with Crippen LogP contribution in [0, 0.1) is 17.8 Å². The van der Waals surface area contributed by atoms with E-state index in [1.807, 2.05) is 20.8 Å². The van der Waals surface area contributed by atoms with Crippen LogP contribution in [0.3, 0.4) is 0 Å². The lowest BCUT2D eigenvalue weighted by Gasteiger charge is -2.20. The molecule has 2 unspecified atom stereocenters. The number of hydroxylamine groups is 1.